The predicted molar refractivity (Wildman–Crippen MR) is 119 cm³/mol. The fourth-order valence-corrected chi connectivity index (χ4v) is 5.28. The van der Waals surface area contributed by atoms with Gasteiger partial charge in [0.05, 0.1) is 21.7 Å². The summed E-state index contributed by atoms with van der Waals surface area (Å²) in [7, 11) is -3.95. The van der Waals surface area contributed by atoms with Crippen LogP contribution in [0.15, 0.2) is 41.3 Å². The van der Waals surface area contributed by atoms with Gasteiger partial charge in [0.15, 0.2) is 0 Å². The zero-order valence-electron chi connectivity index (χ0n) is 17.9. The van der Waals surface area contributed by atoms with Gasteiger partial charge in [-0.2, -0.15) is 13.2 Å². The fourth-order valence-electron chi connectivity index (χ4n) is 3.18. The molecule has 0 saturated carbocycles. The number of aryl methyl sites for hydroxylation is 2. The molecule has 0 aliphatic rings. The van der Waals surface area contributed by atoms with Crippen LogP contribution in [-0.4, -0.2) is 31.0 Å². The number of aromatic nitrogens is 1. The summed E-state index contributed by atoms with van der Waals surface area (Å²) >= 11 is 1.31. The third-order valence-electron chi connectivity index (χ3n) is 5.19. The molecule has 2 aromatic carbocycles. The number of carboxylic acid groups (broad SMARTS) is 1. The maximum Gasteiger partial charge on any atom is 0.416 e. The normalized spacial score (nSPS) is 12.2. The second kappa shape index (κ2) is 9.24. The number of aromatic carboxylic acids is 1. The average Bonchev–Trinajstić information content (AvgIpc) is 3.09. The number of hydrogen-bond donors (Lipinski definition) is 2. The van der Waals surface area contributed by atoms with Crippen LogP contribution in [0.5, 0.6) is 0 Å². The SMILES string of the molecule is Cc1cc(S(=O)(=O)NCCc2nc(-c3ccc(C(F)(F)F)cc3)sc2C)cc(C(=O)O)c1C. The minimum Gasteiger partial charge on any atom is -0.478 e. The summed E-state index contributed by atoms with van der Waals surface area (Å²) in [5.74, 6) is -1.21. The minimum absolute atomic E-state index is 0.0225. The molecule has 2 N–H and O–H groups in total. The number of carbonyl (C=O) groups is 1. The highest BCUT2D eigenvalue weighted by Gasteiger charge is 2.30. The lowest BCUT2D eigenvalue weighted by Gasteiger charge is -2.11. The standard InChI is InChI=1S/C22H21F3N2O4S2/c1-12-10-17(11-18(13(12)2)21(28)29)33(30,31)26-9-8-19-14(3)32-20(27-19)15-4-6-16(7-5-15)22(23,24)25/h4-7,10-11,26H,8-9H2,1-3H3,(H,28,29). The minimum atomic E-state index is -4.42. The second-order valence-corrected chi connectivity index (χ2v) is 10.4. The molecule has 1 heterocycles. The van der Waals surface area contributed by atoms with Crippen LogP contribution < -0.4 is 4.72 Å². The van der Waals surface area contributed by atoms with Gasteiger partial charge in [0, 0.05) is 23.4 Å². The number of nitrogens with one attached hydrogen (secondary N) is 1. The Kier molecular flexibility index (Phi) is 6.96. The molecule has 0 atom stereocenters. The van der Waals surface area contributed by atoms with Gasteiger partial charge >= 0.3 is 12.1 Å². The molecule has 6 nitrogen and oxygen atoms in total. The maximum atomic E-state index is 12.8. The highest BCUT2D eigenvalue weighted by Crippen LogP contribution is 2.33. The second-order valence-electron chi connectivity index (χ2n) is 7.46. The Bertz CT molecular complexity index is 1300. The van der Waals surface area contributed by atoms with Crippen molar-refractivity contribution in [2.75, 3.05) is 6.54 Å². The molecule has 11 heteroatoms. The van der Waals surface area contributed by atoms with Gasteiger partial charge in [0.2, 0.25) is 10.0 Å². The zero-order valence-corrected chi connectivity index (χ0v) is 19.6. The lowest BCUT2D eigenvalue weighted by atomic mass is 10.0. The quantitative estimate of drug-likeness (QED) is 0.479. The Balaban J connectivity index is 1.72. The van der Waals surface area contributed by atoms with E-state index in [1.54, 1.807) is 20.8 Å². The Labute approximate surface area is 193 Å². The molecule has 176 valence electrons. The van der Waals surface area contributed by atoms with Gasteiger partial charge in [-0.05, 0) is 56.2 Å². The Morgan fingerprint density at radius 2 is 1.76 bits per heavy atom. The lowest BCUT2D eigenvalue weighted by molar-refractivity contribution is -0.137. The first-order valence-electron chi connectivity index (χ1n) is 9.77. The summed E-state index contributed by atoms with van der Waals surface area (Å²) in [6.45, 7) is 5.08. The van der Waals surface area contributed by atoms with Crippen LogP contribution in [0.25, 0.3) is 10.6 Å². The lowest BCUT2D eigenvalue weighted by Crippen LogP contribution is -2.26. The van der Waals surface area contributed by atoms with Crippen molar-refractivity contribution in [3.8, 4) is 10.6 Å². The van der Waals surface area contributed by atoms with Crippen molar-refractivity contribution in [1.29, 1.82) is 0 Å². The zero-order chi connectivity index (χ0) is 24.6. The molecule has 0 aliphatic carbocycles. The van der Waals surface area contributed by atoms with Crippen LogP contribution >= 0.6 is 11.3 Å². The molecule has 0 unspecified atom stereocenters. The molecule has 0 spiro atoms. The van der Waals surface area contributed by atoms with E-state index < -0.39 is 27.7 Å². The maximum absolute atomic E-state index is 12.8. The molecule has 3 rings (SSSR count). The van der Waals surface area contributed by atoms with Crippen LogP contribution in [0.4, 0.5) is 13.2 Å². The summed E-state index contributed by atoms with van der Waals surface area (Å²) < 4.78 is 66.1. The van der Waals surface area contributed by atoms with Gasteiger partial charge in [-0.1, -0.05) is 12.1 Å². The fraction of sp³-hybridized carbons (Fsp3) is 0.273. The van der Waals surface area contributed by atoms with E-state index in [2.05, 4.69) is 9.71 Å². The molecular weight excluding hydrogens is 477 g/mol. The molecule has 0 aliphatic heterocycles. The number of hydrogen-bond acceptors (Lipinski definition) is 5. The Morgan fingerprint density at radius 3 is 2.33 bits per heavy atom. The molecule has 0 fully saturated rings. The molecule has 33 heavy (non-hydrogen) atoms. The average molecular weight is 499 g/mol. The van der Waals surface area contributed by atoms with Gasteiger partial charge < -0.3 is 5.11 Å². The van der Waals surface area contributed by atoms with E-state index in [0.29, 0.717) is 27.4 Å². The number of benzene rings is 2. The highest BCUT2D eigenvalue weighted by atomic mass is 32.2. The van der Waals surface area contributed by atoms with Crippen molar-refractivity contribution < 1.29 is 31.5 Å². The number of carboxylic acids is 1. The summed E-state index contributed by atoms with van der Waals surface area (Å²) in [5.41, 5.74) is 1.39. The van der Waals surface area contributed by atoms with E-state index >= 15 is 0 Å². The highest BCUT2D eigenvalue weighted by molar-refractivity contribution is 7.89. The smallest absolute Gasteiger partial charge is 0.416 e. The number of thiazole rings is 1. The van der Waals surface area contributed by atoms with Gasteiger partial charge in [-0.25, -0.2) is 22.9 Å². The third-order valence-corrected chi connectivity index (χ3v) is 7.69. The first-order valence-corrected chi connectivity index (χ1v) is 12.1. The molecule has 0 bridgehead atoms. The molecule has 0 saturated heterocycles. The first-order chi connectivity index (χ1) is 15.3. The van der Waals surface area contributed by atoms with E-state index in [9.17, 15) is 31.5 Å². The number of nitrogens with zero attached hydrogens (tertiary/aromatic N) is 1. The van der Waals surface area contributed by atoms with E-state index in [4.69, 9.17) is 0 Å². The first kappa shape index (κ1) is 24.9. The molecule has 3 aromatic rings. The summed E-state index contributed by atoms with van der Waals surface area (Å²) in [5, 5.41) is 9.85. The topological polar surface area (TPSA) is 96.4 Å². The number of alkyl halides is 3. The van der Waals surface area contributed by atoms with Crippen LogP contribution in [0.1, 0.15) is 37.6 Å². The molecule has 0 radical (unpaired) electrons. The van der Waals surface area contributed by atoms with Gasteiger partial charge in [-0.3, -0.25) is 0 Å². The number of halogens is 3. The molecule has 1 aromatic heterocycles. The van der Waals surface area contributed by atoms with E-state index in [1.165, 1.54) is 29.5 Å². The molecule has 0 amide bonds. The number of rotatable bonds is 7. The van der Waals surface area contributed by atoms with Crippen molar-refractivity contribution in [1.82, 2.24) is 9.71 Å². The van der Waals surface area contributed by atoms with Crippen LogP contribution in [-0.2, 0) is 22.6 Å². The predicted octanol–water partition coefficient (Wildman–Crippen LogP) is 4.97. The van der Waals surface area contributed by atoms with Crippen molar-refractivity contribution in [3.05, 3.63) is 69.2 Å². The van der Waals surface area contributed by atoms with E-state index in [0.717, 1.165) is 23.1 Å². The van der Waals surface area contributed by atoms with E-state index in [-0.39, 0.29) is 23.4 Å². The van der Waals surface area contributed by atoms with Crippen molar-refractivity contribution in [3.63, 3.8) is 0 Å². The largest absolute Gasteiger partial charge is 0.478 e. The molecular formula is C22H21F3N2O4S2. The van der Waals surface area contributed by atoms with Crippen molar-refractivity contribution >= 4 is 27.3 Å². The number of sulfonamides is 1. The van der Waals surface area contributed by atoms with Crippen molar-refractivity contribution in [2.45, 2.75) is 38.3 Å². The van der Waals surface area contributed by atoms with Gasteiger partial charge in [0.25, 0.3) is 0 Å². The third kappa shape index (κ3) is 5.60. The Morgan fingerprint density at radius 1 is 1.12 bits per heavy atom. The van der Waals surface area contributed by atoms with Crippen LogP contribution in [0, 0.1) is 20.8 Å². The van der Waals surface area contributed by atoms with Crippen LogP contribution in [0.2, 0.25) is 0 Å². The van der Waals surface area contributed by atoms with Gasteiger partial charge in [-0.15, -0.1) is 11.3 Å². The monoisotopic (exact) mass is 498 g/mol. The Hall–Kier alpha value is -2.76. The van der Waals surface area contributed by atoms with Crippen LogP contribution in [0.3, 0.4) is 0 Å². The summed E-state index contributed by atoms with van der Waals surface area (Å²) in [6.07, 6.45) is -4.15. The summed E-state index contributed by atoms with van der Waals surface area (Å²) in [4.78, 5) is 16.5. The van der Waals surface area contributed by atoms with E-state index in [1.807, 2.05) is 0 Å². The van der Waals surface area contributed by atoms with Gasteiger partial charge in [0.1, 0.15) is 5.01 Å². The summed E-state index contributed by atoms with van der Waals surface area (Å²) in [6, 6.07) is 7.25. The van der Waals surface area contributed by atoms with Crippen molar-refractivity contribution in [2.24, 2.45) is 0 Å².